The fraction of sp³-hybridized carbons (Fsp3) is 0.154. The maximum atomic E-state index is 12.2. The van der Waals surface area contributed by atoms with Crippen LogP contribution in [0.25, 0.3) is 33.8 Å². The summed E-state index contributed by atoms with van der Waals surface area (Å²) in [6.07, 6.45) is 2.12. The summed E-state index contributed by atoms with van der Waals surface area (Å²) in [5, 5.41) is 0. The second-order valence-electron chi connectivity index (χ2n) is 7.04. The molecule has 0 aliphatic carbocycles. The molecule has 0 N–H and O–H groups in total. The molecule has 30 heavy (non-hydrogen) atoms. The first-order valence-corrected chi connectivity index (χ1v) is 10.1. The lowest BCUT2D eigenvalue weighted by atomic mass is 10.0. The minimum Gasteiger partial charge on any atom is -0.494 e. The molecule has 0 amide bonds. The third kappa shape index (κ3) is 4.66. The average Bonchev–Trinajstić information content (AvgIpc) is 2.80. The SMILES string of the molecule is CCCCOc1ccc(-c2cc(=O)oc(-c3ccc(-c4ccccc4)cc3)n2)cc1. The van der Waals surface area contributed by atoms with Gasteiger partial charge >= 0.3 is 5.63 Å². The topological polar surface area (TPSA) is 52.3 Å². The standard InChI is InChI=1S/C26H23NO3/c1-2-3-17-29-23-15-13-21(14-16-23)24-18-25(28)30-26(27-24)22-11-9-20(10-12-22)19-7-5-4-6-8-19/h4-16,18H,2-3,17H2,1H3. The third-order valence-electron chi connectivity index (χ3n) is 4.83. The van der Waals surface area contributed by atoms with Crippen molar-refractivity contribution in [1.29, 1.82) is 0 Å². The van der Waals surface area contributed by atoms with Crippen LogP contribution in [0, 0.1) is 0 Å². The summed E-state index contributed by atoms with van der Waals surface area (Å²) in [5.41, 5.74) is 3.98. The van der Waals surface area contributed by atoms with Gasteiger partial charge in [0.1, 0.15) is 5.75 Å². The monoisotopic (exact) mass is 397 g/mol. The number of benzene rings is 3. The Kier molecular flexibility index (Phi) is 6.04. The molecule has 1 heterocycles. The lowest BCUT2D eigenvalue weighted by Gasteiger charge is -2.07. The molecule has 4 nitrogen and oxygen atoms in total. The van der Waals surface area contributed by atoms with Gasteiger partial charge in [0.25, 0.3) is 0 Å². The summed E-state index contributed by atoms with van der Waals surface area (Å²) in [7, 11) is 0. The highest BCUT2D eigenvalue weighted by molar-refractivity contribution is 5.68. The van der Waals surface area contributed by atoms with Crippen LogP contribution in [0.5, 0.6) is 5.75 Å². The Bertz CT molecular complexity index is 1150. The van der Waals surface area contributed by atoms with E-state index in [1.807, 2.05) is 66.7 Å². The van der Waals surface area contributed by atoms with Crippen LogP contribution >= 0.6 is 0 Å². The number of hydrogen-bond donors (Lipinski definition) is 0. The van der Waals surface area contributed by atoms with Crippen LogP contribution in [0.4, 0.5) is 0 Å². The van der Waals surface area contributed by atoms with Crippen molar-refractivity contribution in [1.82, 2.24) is 4.98 Å². The molecule has 0 fully saturated rings. The predicted octanol–water partition coefficient (Wildman–Crippen LogP) is 6.21. The fourth-order valence-corrected chi connectivity index (χ4v) is 3.16. The van der Waals surface area contributed by atoms with Crippen LogP contribution in [0.2, 0.25) is 0 Å². The van der Waals surface area contributed by atoms with E-state index in [1.54, 1.807) is 0 Å². The second-order valence-corrected chi connectivity index (χ2v) is 7.04. The Labute approximate surface area is 175 Å². The van der Waals surface area contributed by atoms with Gasteiger partial charge in [0.05, 0.1) is 18.4 Å². The zero-order valence-electron chi connectivity index (χ0n) is 16.9. The molecule has 1 aromatic heterocycles. The van der Waals surface area contributed by atoms with E-state index < -0.39 is 5.63 Å². The number of aromatic nitrogens is 1. The summed E-state index contributed by atoms with van der Waals surface area (Å²) in [4.78, 5) is 16.7. The van der Waals surface area contributed by atoms with Gasteiger partial charge < -0.3 is 9.15 Å². The van der Waals surface area contributed by atoms with Crippen molar-refractivity contribution in [3.63, 3.8) is 0 Å². The molecule has 0 radical (unpaired) electrons. The molecule has 3 aromatic carbocycles. The number of hydrogen-bond acceptors (Lipinski definition) is 4. The van der Waals surface area contributed by atoms with Crippen LogP contribution in [0.3, 0.4) is 0 Å². The summed E-state index contributed by atoms with van der Waals surface area (Å²) in [6.45, 7) is 2.83. The lowest BCUT2D eigenvalue weighted by Crippen LogP contribution is -2.02. The smallest absolute Gasteiger partial charge is 0.339 e. The molecule has 0 saturated heterocycles. The Morgan fingerprint density at radius 1 is 0.800 bits per heavy atom. The molecule has 0 spiro atoms. The van der Waals surface area contributed by atoms with Crippen LogP contribution < -0.4 is 10.4 Å². The average molecular weight is 397 g/mol. The molecule has 0 aliphatic heterocycles. The first-order chi connectivity index (χ1) is 14.7. The quantitative estimate of drug-likeness (QED) is 0.348. The van der Waals surface area contributed by atoms with E-state index in [0.29, 0.717) is 18.2 Å². The fourth-order valence-electron chi connectivity index (χ4n) is 3.16. The van der Waals surface area contributed by atoms with E-state index in [-0.39, 0.29) is 0 Å². The van der Waals surface area contributed by atoms with Crippen molar-refractivity contribution >= 4 is 0 Å². The number of nitrogens with zero attached hydrogens (tertiary/aromatic N) is 1. The summed E-state index contributed by atoms with van der Waals surface area (Å²) >= 11 is 0. The largest absolute Gasteiger partial charge is 0.494 e. The van der Waals surface area contributed by atoms with Gasteiger partial charge in [-0.2, -0.15) is 0 Å². The minimum atomic E-state index is -0.426. The molecule has 0 unspecified atom stereocenters. The zero-order chi connectivity index (χ0) is 20.8. The molecule has 4 aromatic rings. The minimum absolute atomic E-state index is 0.306. The number of unbranched alkanes of at least 4 members (excludes halogenated alkanes) is 1. The molecule has 4 rings (SSSR count). The molecule has 0 atom stereocenters. The lowest BCUT2D eigenvalue weighted by molar-refractivity contribution is 0.309. The van der Waals surface area contributed by atoms with Gasteiger partial charge in [-0.1, -0.05) is 55.8 Å². The van der Waals surface area contributed by atoms with E-state index in [9.17, 15) is 4.79 Å². The highest BCUT2D eigenvalue weighted by Crippen LogP contribution is 2.26. The molecule has 4 heteroatoms. The molecular formula is C26H23NO3. The van der Waals surface area contributed by atoms with Gasteiger partial charge in [-0.05, 0) is 53.9 Å². The van der Waals surface area contributed by atoms with E-state index in [2.05, 4.69) is 24.0 Å². The van der Waals surface area contributed by atoms with Crippen molar-refractivity contribution in [3.05, 3.63) is 95.3 Å². The van der Waals surface area contributed by atoms with Crippen molar-refractivity contribution in [2.24, 2.45) is 0 Å². The van der Waals surface area contributed by atoms with Crippen LogP contribution in [0.1, 0.15) is 19.8 Å². The summed E-state index contributed by atoms with van der Waals surface area (Å²) in [6, 6.07) is 27.0. The van der Waals surface area contributed by atoms with Gasteiger partial charge in [0.2, 0.25) is 5.89 Å². The van der Waals surface area contributed by atoms with Crippen molar-refractivity contribution in [2.75, 3.05) is 6.61 Å². The second kappa shape index (κ2) is 9.23. The van der Waals surface area contributed by atoms with Crippen LogP contribution in [-0.2, 0) is 0 Å². The Morgan fingerprint density at radius 2 is 1.43 bits per heavy atom. The van der Waals surface area contributed by atoms with Crippen LogP contribution in [0.15, 0.2) is 94.1 Å². The third-order valence-corrected chi connectivity index (χ3v) is 4.83. The van der Waals surface area contributed by atoms with Gasteiger partial charge in [-0.15, -0.1) is 0 Å². The highest BCUT2D eigenvalue weighted by atomic mass is 16.5. The molecule has 150 valence electrons. The maximum Gasteiger partial charge on any atom is 0.339 e. The molecule has 0 bridgehead atoms. The van der Waals surface area contributed by atoms with E-state index in [4.69, 9.17) is 9.15 Å². The van der Waals surface area contributed by atoms with E-state index in [1.165, 1.54) is 6.07 Å². The van der Waals surface area contributed by atoms with Gasteiger partial charge in [0.15, 0.2) is 0 Å². The molecule has 0 aliphatic rings. The van der Waals surface area contributed by atoms with Crippen molar-refractivity contribution < 1.29 is 9.15 Å². The first-order valence-electron chi connectivity index (χ1n) is 10.1. The Balaban J connectivity index is 1.58. The first kappa shape index (κ1) is 19.6. The van der Waals surface area contributed by atoms with E-state index in [0.717, 1.165) is 40.8 Å². The van der Waals surface area contributed by atoms with Crippen LogP contribution in [-0.4, -0.2) is 11.6 Å². The zero-order valence-corrected chi connectivity index (χ0v) is 16.9. The van der Waals surface area contributed by atoms with Crippen molar-refractivity contribution in [2.45, 2.75) is 19.8 Å². The van der Waals surface area contributed by atoms with Crippen molar-refractivity contribution in [3.8, 4) is 39.6 Å². The Hall–Kier alpha value is -3.66. The summed E-state index contributed by atoms with van der Waals surface area (Å²) in [5.74, 6) is 1.12. The predicted molar refractivity (Wildman–Crippen MR) is 119 cm³/mol. The highest BCUT2D eigenvalue weighted by Gasteiger charge is 2.09. The van der Waals surface area contributed by atoms with Gasteiger partial charge in [0, 0.05) is 11.1 Å². The molecule has 0 saturated carbocycles. The van der Waals surface area contributed by atoms with Gasteiger partial charge in [-0.25, -0.2) is 9.78 Å². The van der Waals surface area contributed by atoms with Gasteiger partial charge in [-0.3, -0.25) is 0 Å². The molecular weight excluding hydrogens is 374 g/mol. The number of ether oxygens (including phenoxy) is 1. The Morgan fingerprint density at radius 3 is 2.13 bits per heavy atom. The maximum absolute atomic E-state index is 12.2. The normalized spacial score (nSPS) is 10.7. The summed E-state index contributed by atoms with van der Waals surface area (Å²) < 4.78 is 11.1. The number of rotatable bonds is 7. The van der Waals surface area contributed by atoms with E-state index >= 15 is 0 Å².